The van der Waals surface area contributed by atoms with Crippen LogP contribution in [0, 0.1) is 18.8 Å². The molecule has 180 valence electrons. The molecule has 4 aromatic rings. The number of thiophene rings is 1. The number of anilines is 1. The fourth-order valence-electron chi connectivity index (χ4n) is 3.41. The molecule has 7 nitrogen and oxygen atoms in total. The van der Waals surface area contributed by atoms with Gasteiger partial charge in [0, 0.05) is 5.56 Å². The predicted octanol–water partition coefficient (Wildman–Crippen LogP) is 8.11. The van der Waals surface area contributed by atoms with Crippen molar-refractivity contribution in [2.75, 3.05) is 11.9 Å². The standard InChI is InChI=1S/C26H25N3O4S2/c1-4-5-12-32-19-8-6-18(7-9-19)23-25(33-20-14-16(2)13-17(3)15-20)35-26(27-23)28-24(30)21-10-11-22(29-31)34-21/h6-11,13-15H,4-5,12H2,1-3H3,(H,27,28,30). The summed E-state index contributed by atoms with van der Waals surface area (Å²) >= 11 is 2.26. The molecular weight excluding hydrogens is 482 g/mol. The topological polar surface area (TPSA) is 89.9 Å². The molecule has 2 aromatic carbocycles. The summed E-state index contributed by atoms with van der Waals surface area (Å²) in [7, 11) is 0. The number of nitrogens with zero attached hydrogens (tertiary/aromatic N) is 2. The van der Waals surface area contributed by atoms with Gasteiger partial charge < -0.3 is 9.47 Å². The van der Waals surface area contributed by atoms with Gasteiger partial charge in [-0.1, -0.05) is 30.7 Å². The van der Waals surface area contributed by atoms with Gasteiger partial charge in [0.1, 0.15) is 17.2 Å². The number of aryl methyl sites for hydroxylation is 2. The Morgan fingerprint density at radius 1 is 1.00 bits per heavy atom. The Kier molecular flexibility index (Phi) is 7.89. The van der Waals surface area contributed by atoms with Crippen molar-refractivity contribution in [2.24, 2.45) is 5.18 Å². The number of hydrogen-bond donors (Lipinski definition) is 1. The SMILES string of the molecule is CCCCOc1ccc(-c2nc(NC(=O)c3ccc(N=O)s3)sc2Oc2cc(C)cc(C)c2)cc1. The second-order valence-electron chi connectivity index (χ2n) is 7.99. The highest BCUT2D eigenvalue weighted by Crippen LogP contribution is 2.41. The molecular formula is C26H25N3O4S2. The van der Waals surface area contributed by atoms with Gasteiger partial charge in [-0.15, -0.1) is 16.2 Å². The smallest absolute Gasteiger partial charge is 0.267 e. The third-order valence-corrected chi connectivity index (χ3v) is 6.83. The van der Waals surface area contributed by atoms with Gasteiger partial charge in [-0.3, -0.25) is 10.1 Å². The fraction of sp³-hybridized carbons (Fsp3) is 0.231. The average Bonchev–Trinajstić information content (AvgIpc) is 3.46. The Labute approximate surface area is 211 Å². The second kappa shape index (κ2) is 11.2. The number of benzene rings is 2. The van der Waals surface area contributed by atoms with Crippen LogP contribution in [0.15, 0.2) is 59.8 Å². The zero-order chi connectivity index (χ0) is 24.8. The van der Waals surface area contributed by atoms with Crippen molar-refractivity contribution in [2.45, 2.75) is 33.6 Å². The fourth-order valence-corrected chi connectivity index (χ4v) is 4.94. The first-order chi connectivity index (χ1) is 16.9. The minimum atomic E-state index is -0.358. The Morgan fingerprint density at radius 3 is 2.40 bits per heavy atom. The Morgan fingerprint density at radius 2 is 1.74 bits per heavy atom. The molecule has 1 N–H and O–H groups in total. The summed E-state index contributed by atoms with van der Waals surface area (Å²) in [6, 6.07) is 16.7. The van der Waals surface area contributed by atoms with Gasteiger partial charge in [-0.25, -0.2) is 4.98 Å². The molecule has 0 bridgehead atoms. The van der Waals surface area contributed by atoms with Crippen LogP contribution in [0.1, 0.15) is 40.6 Å². The van der Waals surface area contributed by atoms with E-state index in [2.05, 4.69) is 28.5 Å². The molecule has 0 radical (unpaired) electrons. The summed E-state index contributed by atoms with van der Waals surface area (Å²) < 4.78 is 12.0. The summed E-state index contributed by atoms with van der Waals surface area (Å²) in [6.07, 6.45) is 2.07. The number of carbonyl (C=O) groups excluding carboxylic acids is 1. The molecule has 2 heterocycles. The highest BCUT2D eigenvalue weighted by Gasteiger charge is 2.19. The molecule has 0 unspecified atom stereocenters. The average molecular weight is 508 g/mol. The first kappa shape index (κ1) is 24.6. The van der Waals surface area contributed by atoms with E-state index in [1.54, 1.807) is 6.07 Å². The molecule has 1 amide bonds. The number of amides is 1. The molecule has 0 fully saturated rings. The normalized spacial score (nSPS) is 10.7. The molecule has 0 aliphatic heterocycles. The maximum Gasteiger partial charge on any atom is 0.267 e. The van der Waals surface area contributed by atoms with Gasteiger partial charge in [0.2, 0.25) is 5.06 Å². The maximum absolute atomic E-state index is 12.7. The van der Waals surface area contributed by atoms with E-state index in [1.807, 2.05) is 50.2 Å². The molecule has 0 atom stereocenters. The van der Waals surface area contributed by atoms with Crippen molar-refractivity contribution < 1.29 is 14.3 Å². The number of rotatable bonds is 10. The lowest BCUT2D eigenvalue weighted by atomic mass is 10.1. The molecule has 9 heteroatoms. The van der Waals surface area contributed by atoms with Crippen LogP contribution in [0.25, 0.3) is 11.3 Å². The summed E-state index contributed by atoms with van der Waals surface area (Å²) in [5.74, 6) is 1.13. The van der Waals surface area contributed by atoms with Gasteiger partial charge in [0.15, 0.2) is 10.1 Å². The van der Waals surface area contributed by atoms with E-state index in [-0.39, 0.29) is 10.9 Å². The molecule has 0 saturated heterocycles. The number of nitroso groups, excluding NO2 is 1. The van der Waals surface area contributed by atoms with Crippen molar-refractivity contribution in [3.05, 3.63) is 75.5 Å². The minimum absolute atomic E-state index is 0.245. The molecule has 2 aromatic heterocycles. The van der Waals surface area contributed by atoms with Gasteiger partial charge in [-0.05, 0) is 85.1 Å². The highest BCUT2D eigenvalue weighted by atomic mass is 32.1. The number of ether oxygens (including phenoxy) is 2. The maximum atomic E-state index is 12.7. The lowest BCUT2D eigenvalue weighted by Crippen LogP contribution is -2.09. The summed E-state index contributed by atoms with van der Waals surface area (Å²) in [4.78, 5) is 28.4. The first-order valence-electron chi connectivity index (χ1n) is 11.2. The van der Waals surface area contributed by atoms with E-state index in [1.165, 1.54) is 17.4 Å². The van der Waals surface area contributed by atoms with Gasteiger partial charge in [-0.2, -0.15) is 0 Å². The quantitative estimate of drug-likeness (QED) is 0.173. The second-order valence-corrected chi connectivity index (χ2v) is 10.0. The third kappa shape index (κ3) is 6.32. The summed E-state index contributed by atoms with van der Waals surface area (Å²) in [5, 5.41) is 6.88. The van der Waals surface area contributed by atoms with Crippen molar-refractivity contribution in [1.82, 2.24) is 4.98 Å². The van der Waals surface area contributed by atoms with Crippen LogP contribution < -0.4 is 14.8 Å². The van der Waals surface area contributed by atoms with Crippen molar-refractivity contribution in [1.29, 1.82) is 0 Å². The van der Waals surface area contributed by atoms with Gasteiger partial charge >= 0.3 is 0 Å². The van der Waals surface area contributed by atoms with E-state index in [0.717, 1.165) is 46.6 Å². The number of aromatic nitrogens is 1. The number of hydrogen-bond acceptors (Lipinski definition) is 8. The highest BCUT2D eigenvalue weighted by molar-refractivity contribution is 7.19. The Balaban J connectivity index is 1.63. The molecule has 4 rings (SSSR count). The number of thiazole rings is 1. The van der Waals surface area contributed by atoms with Gasteiger partial charge in [0.25, 0.3) is 5.91 Å². The van der Waals surface area contributed by atoms with Crippen LogP contribution in [0.2, 0.25) is 0 Å². The molecule has 0 aliphatic carbocycles. The zero-order valence-electron chi connectivity index (χ0n) is 19.7. The van der Waals surface area contributed by atoms with Crippen LogP contribution in [-0.4, -0.2) is 17.5 Å². The lowest BCUT2D eigenvalue weighted by molar-refractivity contribution is 0.103. The van der Waals surface area contributed by atoms with Gasteiger partial charge in [0.05, 0.1) is 11.5 Å². The number of unbranched alkanes of at least 4 members (excludes halogenated alkanes) is 1. The van der Waals surface area contributed by atoms with E-state index in [4.69, 9.17) is 9.47 Å². The monoisotopic (exact) mass is 507 g/mol. The Hall–Kier alpha value is -3.56. The lowest BCUT2D eigenvalue weighted by Gasteiger charge is -2.09. The van der Waals surface area contributed by atoms with E-state index in [9.17, 15) is 9.70 Å². The summed E-state index contributed by atoms with van der Waals surface area (Å²) in [6.45, 7) is 6.83. The summed E-state index contributed by atoms with van der Waals surface area (Å²) in [5.41, 5.74) is 3.63. The predicted molar refractivity (Wildman–Crippen MR) is 142 cm³/mol. The molecule has 0 saturated carbocycles. The van der Waals surface area contributed by atoms with Crippen LogP contribution in [0.5, 0.6) is 16.6 Å². The van der Waals surface area contributed by atoms with E-state index < -0.39 is 0 Å². The van der Waals surface area contributed by atoms with E-state index in [0.29, 0.717) is 33.1 Å². The zero-order valence-corrected chi connectivity index (χ0v) is 21.3. The minimum Gasteiger partial charge on any atom is -0.494 e. The molecule has 0 spiro atoms. The van der Waals surface area contributed by atoms with Crippen molar-refractivity contribution >= 4 is 38.7 Å². The van der Waals surface area contributed by atoms with Crippen LogP contribution in [-0.2, 0) is 0 Å². The number of nitrogens with one attached hydrogen (secondary N) is 1. The van der Waals surface area contributed by atoms with Crippen LogP contribution >= 0.6 is 22.7 Å². The molecule has 0 aliphatic rings. The Bertz CT molecular complexity index is 1310. The largest absolute Gasteiger partial charge is 0.494 e. The van der Waals surface area contributed by atoms with Crippen LogP contribution in [0.3, 0.4) is 0 Å². The van der Waals surface area contributed by atoms with E-state index >= 15 is 0 Å². The number of carbonyl (C=O) groups is 1. The third-order valence-electron chi connectivity index (χ3n) is 5.02. The van der Waals surface area contributed by atoms with Crippen LogP contribution in [0.4, 0.5) is 10.1 Å². The van der Waals surface area contributed by atoms with Crippen molar-refractivity contribution in [3.63, 3.8) is 0 Å². The van der Waals surface area contributed by atoms with Crippen molar-refractivity contribution in [3.8, 4) is 27.8 Å². The molecule has 35 heavy (non-hydrogen) atoms. The first-order valence-corrected chi connectivity index (χ1v) is 12.8.